The molecule has 0 atom stereocenters. The molecule has 2 aromatic rings. The molecule has 0 bridgehead atoms. The Bertz CT molecular complexity index is 649. The van der Waals surface area contributed by atoms with Crippen LogP contribution in [0.25, 0.3) is 0 Å². The Morgan fingerprint density at radius 2 is 2.10 bits per heavy atom. The molecule has 1 aromatic heterocycles. The summed E-state index contributed by atoms with van der Waals surface area (Å²) in [5.41, 5.74) is 1.52. The Labute approximate surface area is 127 Å². The number of benzene rings is 1. The Kier molecular flexibility index (Phi) is 5.11. The first-order valence-electron chi connectivity index (χ1n) is 6.56. The average Bonchev–Trinajstić information content (AvgIpc) is 2.49. The minimum absolute atomic E-state index is 0.0425. The van der Waals surface area contributed by atoms with E-state index in [1.54, 1.807) is 18.3 Å². The molecule has 21 heavy (non-hydrogen) atoms. The molecule has 0 aliphatic rings. The molecule has 2 N–H and O–H groups in total. The van der Waals surface area contributed by atoms with E-state index in [4.69, 9.17) is 11.6 Å². The molecule has 6 heteroatoms. The number of hydrogen-bond donors (Lipinski definition) is 2. The number of anilines is 2. The highest BCUT2D eigenvalue weighted by Gasteiger charge is 2.09. The highest BCUT2D eigenvalue weighted by atomic mass is 35.5. The molecule has 4 nitrogen and oxygen atoms in total. The van der Waals surface area contributed by atoms with Gasteiger partial charge < -0.3 is 10.6 Å². The van der Waals surface area contributed by atoms with E-state index in [1.165, 1.54) is 18.2 Å². The molecular weight excluding hydrogens is 293 g/mol. The molecule has 0 saturated carbocycles. The lowest BCUT2D eigenvalue weighted by Gasteiger charge is -2.08. The Balaban J connectivity index is 2.10. The second-order valence-corrected chi connectivity index (χ2v) is 4.85. The smallest absolute Gasteiger partial charge is 0.274 e. The fourth-order valence-corrected chi connectivity index (χ4v) is 1.88. The summed E-state index contributed by atoms with van der Waals surface area (Å²) in [6.07, 6.45) is 2.54. The minimum atomic E-state index is -0.529. The third-order valence-electron chi connectivity index (χ3n) is 2.75. The molecule has 1 amide bonds. The maximum absolute atomic E-state index is 13.1. The van der Waals surface area contributed by atoms with Gasteiger partial charge in [0.1, 0.15) is 11.5 Å². The number of pyridine rings is 1. The van der Waals surface area contributed by atoms with Crippen molar-refractivity contribution in [3.63, 3.8) is 0 Å². The highest BCUT2D eigenvalue weighted by molar-refractivity contribution is 6.31. The first kappa shape index (κ1) is 15.3. The molecule has 0 unspecified atom stereocenters. The van der Waals surface area contributed by atoms with Crippen molar-refractivity contribution < 1.29 is 9.18 Å². The lowest BCUT2D eigenvalue weighted by atomic mass is 10.2. The second-order valence-electron chi connectivity index (χ2n) is 4.44. The van der Waals surface area contributed by atoms with Crippen LogP contribution in [-0.2, 0) is 0 Å². The third-order valence-corrected chi connectivity index (χ3v) is 3.04. The van der Waals surface area contributed by atoms with Crippen LogP contribution < -0.4 is 10.6 Å². The van der Waals surface area contributed by atoms with Crippen molar-refractivity contribution >= 4 is 28.9 Å². The first-order valence-corrected chi connectivity index (χ1v) is 6.94. The number of rotatable bonds is 5. The van der Waals surface area contributed by atoms with E-state index < -0.39 is 5.82 Å². The van der Waals surface area contributed by atoms with Gasteiger partial charge in [-0.3, -0.25) is 9.78 Å². The van der Waals surface area contributed by atoms with Crippen molar-refractivity contribution in [1.29, 1.82) is 0 Å². The zero-order valence-corrected chi connectivity index (χ0v) is 12.2. The van der Waals surface area contributed by atoms with Gasteiger partial charge >= 0.3 is 0 Å². The van der Waals surface area contributed by atoms with Crippen molar-refractivity contribution in [2.24, 2.45) is 0 Å². The van der Waals surface area contributed by atoms with E-state index in [2.05, 4.69) is 22.5 Å². The number of carbonyl (C=O) groups is 1. The van der Waals surface area contributed by atoms with Gasteiger partial charge in [0.15, 0.2) is 0 Å². The Hall–Kier alpha value is -2.14. The lowest BCUT2D eigenvalue weighted by Crippen LogP contribution is -2.14. The summed E-state index contributed by atoms with van der Waals surface area (Å²) in [5.74, 6) is -0.906. The molecule has 0 spiro atoms. The lowest BCUT2D eigenvalue weighted by molar-refractivity contribution is 0.102. The second kappa shape index (κ2) is 7.04. The summed E-state index contributed by atoms with van der Waals surface area (Å²) in [6, 6.07) is 7.45. The van der Waals surface area contributed by atoms with Crippen LogP contribution >= 0.6 is 11.6 Å². The third kappa shape index (κ3) is 4.16. The summed E-state index contributed by atoms with van der Waals surface area (Å²) in [7, 11) is 0. The van der Waals surface area contributed by atoms with E-state index in [0.717, 1.165) is 18.7 Å². The number of nitrogens with zero attached hydrogens (tertiary/aromatic N) is 1. The van der Waals surface area contributed by atoms with Crippen LogP contribution in [0.2, 0.25) is 5.02 Å². The van der Waals surface area contributed by atoms with Crippen molar-refractivity contribution in [2.45, 2.75) is 13.3 Å². The fourth-order valence-electron chi connectivity index (χ4n) is 1.70. The van der Waals surface area contributed by atoms with Crippen LogP contribution in [0.1, 0.15) is 23.8 Å². The van der Waals surface area contributed by atoms with E-state index in [1.807, 2.05) is 0 Å². The number of nitrogens with one attached hydrogen (secondary N) is 2. The minimum Gasteiger partial charge on any atom is -0.385 e. The molecule has 0 saturated heterocycles. The normalized spacial score (nSPS) is 10.2. The number of carbonyl (C=O) groups excluding carboxylic acids is 1. The van der Waals surface area contributed by atoms with Gasteiger partial charge in [-0.2, -0.15) is 0 Å². The Morgan fingerprint density at radius 3 is 2.81 bits per heavy atom. The number of amides is 1. The molecular formula is C15H15ClFN3O. The molecule has 0 aliphatic carbocycles. The summed E-state index contributed by atoms with van der Waals surface area (Å²) in [5, 5.41) is 5.77. The zero-order valence-electron chi connectivity index (χ0n) is 11.5. The van der Waals surface area contributed by atoms with Crippen LogP contribution in [0.15, 0.2) is 36.5 Å². The van der Waals surface area contributed by atoms with Gasteiger partial charge in [0.25, 0.3) is 5.91 Å². The van der Waals surface area contributed by atoms with Crippen molar-refractivity contribution in [3.8, 4) is 0 Å². The first-order chi connectivity index (χ1) is 10.1. The van der Waals surface area contributed by atoms with Gasteiger partial charge in [-0.05, 0) is 36.8 Å². The van der Waals surface area contributed by atoms with Crippen molar-refractivity contribution in [3.05, 3.63) is 53.1 Å². The fraction of sp³-hybridized carbons (Fsp3) is 0.200. The van der Waals surface area contributed by atoms with Gasteiger partial charge in [0.2, 0.25) is 0 Å². The van der Waals surface area contributed by atoms with Gasteiger partial charge in [0.05, 0.1) is 5.02 Å². The van der Waals surface area contributed by atoms with Crippen molar-refractivity contribution in [1.82, 2.24) is 4.98 Å². The SMILES string of the molecule is CCCNc1ccnc(C(=O)Nc2ccc(F)c(Cl)c2)c1. The van der Waals surface area contributed by atoms with Crippen LogP contribution in [0.3, 0.4) is 0 Å². The van der Waals surface area contributed by atoms with E-state index in [-0.39, 0.29) is 16.6 Å². The van der Waals surface area contributed by atoms with Crippen LogP contribution in [0.5, 0.6) is 0 Å². The van der Waals surface area contributed by atoms with Crippen molar-refractivity contribution in [2.75, 3.05) is 17.2 Å². The van der Waals surface area contributed by atoms with Crippen LogP contribution in [0.4, 0.5) is 15.8 Å². The Morgan fingerprint density at radius 1 is 1.29 bits per heavy atom. The summed E-state index contributed by atoms with van der Waals surface area (Å²) >= 11 is 5.67. The van der Waals surface area contributed by atoms with Gasteiger partial charge in [-0.15, -0.1) is 0 Å². The molecule has 2 rings (SSSR count). The molecule has 0 aliphatic heterocycles. The maximum atomic E-state index is 13.1. The molecule has 1 heterocycles. The van der Waals surface area contributed by atoms with E-state index in [0.29, 0.717) is 5.69 Å². The topological polar surface area (TPSA) is 54.0 Å². The summed E-state index contributed by atoms with van der Waals surface area (Å²) in [6.45, 7) is 2.87. The van der Waals surface area contributed by atoms with Gasteiger partial charge in [-0.25, -0.2) is 4.39 Å². The average molecular weight is 308 g/mol. The van der Waals surface area contributed by atoms with Crippen LogP contribution in [-0.4, -0.2) is 17.4 Å². The standard InChI is InChI=1S/C15H15ClFN3O/c1-2-6-18-10-5-7-19-14(9-10)15(21)20-11-3-4-13(17)12(16)8-11/h3-5,7-9H,2,6H2,1H3,(H,18,19)(H,20,21). The van der Waals surface area contributed by atoms with Gasteiger partial charge in [0, 0.05) is 24.1 Å². The predicted molar refractivity (Wildman–Crippen MR) is 82.4 cm³/mol. The molecule has 1 aromatic carbocycles. The quantitative estimate of drug-likeness (QED) is 0.879. The number of halogens is 2. The number of hydrogen-bond acceptors (Lipinski definition) is 3. The monoisotopic (exact) mass is 307 g/mol. The van der Waals surface area contributed by atoms with Gasteiger partial charge in [-0.1, -0.05) is 18.5 Å². The summed E-state index contributed by atoms with van der Waals surface area (Å²) in [4.78, 5) is 16.1. The largest absolute Gasteiger partial charge is 0.385 e. The van der Waals surface area contributed by atoms with Crippen LogP contribution in [0, 0.1) is 5.82 Å². The van der Waals surface area contributed by atoms with E-state index >= 15 is 0 Å². The maximum Gasteiger partial charge on any atom is 0.274 e. The molecule has 0 radical (unpaired) electrons. The summed E-state index contributed by atoms with van der Waals surface area (Å²) < 4.78 is 13.1. The zero-order chi connectivity index (χ0) is 15.2. The molecule has 110 valence electrons. The molecule has 0 fully saturated rings. The highest BCUT2D eigenvalue weighted by Crippen LogP contribution is 2.20. The number of aromatic nitrogens is 1. The predicted octanol–water partition coefficient (Wildman–Crippen LogP) is 3.95. The van der Waals surface area contributed by atoms with E-state index in [9.17, 15) is 9.18 Å².